The van der Waals surface area contributed by atoms with Crippen molar-refractivity contribution in [1.29, 1.82) is 0 Å². The van der Waals surface area contributed by atoms with Crippen molar-refractivity contribution in [3.05, 3.63) is 44.6 Å². The third-order valence-electron chi connectivity index (χ3n) is 2.93. The maximum Gasteiger partial charge on any atom is 0.162 e. The lowest BCUT2D eigenvalue weighted by Gasteiger charge is -2.15. The molecule has 1 atom stereocenters. The smallest absolute Gasteiger partial charge is 0.162 e. The van der Waals surface area contributed by atoms with Crippen LogP contribution < -0.4 is 9.47 Å². The Balaban J connectivity index is 2.00. The zero-order valence-electron chi connectivity index (χ0n) is 10.1. The van der Waals surface area contributed by atoms with Crippen LogP contribution in [0.4, 0.5) is 0 Å². The van der Waals surface area contributed by atoms with Crippen LogP contribution in [0.25, 0.3) is 0 Å². The lowest BCUT2D eigenvalue weighted by atomic mass is 10.1. The van der Waals surface area contributed by atoms with Crippen molar-refractivity contribution >= 4 is 43.2 Å². The fourth-order valence-corrected chi connectivity index (χ4v) is 4.41. The van der Waals surface area contributed by atoms with Gasteiger partial charge in [-0.3, -0.25) is 0 Å². The summed E-state index contributed by atoms with van der Waals surface area (Å²) in [5.74, 6) is 1.65. The second-order valence-electron chi connectivity index (χ2n) is 4.25. The highest BCUT2D eigenvalue weighted by Crippen LogP contribution is 2.43. The lowest BCUT2D eigenvalue weighted by molar-refractivity contribution is 0.297. The zero-order chi connectivity index (χ0) is 13.2. The number of benzene rings is 1. The van der Waals surface area contributed by atoms with Crippen molar-refractivity contribution in [3.63, 3.8) is 0 Å². The first-order valence-corrected chi connectivity index (χ1v) is 8.61. The molecular formula is C14H12Br2O2S. The molecule has 0 fully saturated rings. The van der Waals surface area contributed by atoms with Crippen LogP contribution in [0.1, 0.15) is 21.7 Å². The summed E-state index contributed by atoms with van der Waals surface area (Å²) in [6.45, 7) is 1.42. The van der Waals surface area contributed by atoms with Gasteiger partial charge < -0.3 is 9.47 Å². The van der Waals surface area contributed by atoms with E-state index in [4.69, 9.17) is 9.47 Å². The van der Waals surface area contributed by atoms with Crippen molar-refractivity contribution < 1.29 is 9.47 Å². The predicted octanol–water partition coefficient (Wildman–Crippen LogP) is 5.16. The first-order chi connectivity index (χ1) is 9.25. The molecule has 0 saturated carbocycles. The average molecular weight is 404 g/mol. The zero-order valence-corrected chi connectivity index (χ0v) is 14.1. The highest BCUT2D eigenvalue weighted by Gasteiger charge is 2.19. The Morgan fingerprint density at radius 3 is 2.58 bits per heavy atom. The van der Waals surface area contributed by atoms with Gasteiger partial charge in [0.05, 0.1) is 18.0 Å². The monoisotopic (exact) mass is 402 g/mol. The third-order valence-corrected chi connectivity index (χ3v) is 5.85. The largest absolute Gasteiger partial charge is 0.490 e. The van der Waals surface area contributed by atoms with Crippen LogP contribution in [0.2, 0.25) is 0 Å². The normalized spacial score (nSPS) is 15.9. The van der Waals surface area contributed by atoms with E-state index in [1.165, 1.54) is 4.88 Å². The summed E-state index contributed by atoms with van der Waals surface area (Å²) in [4.78, 5) is 1.44. The van der Waals surface area contributed by atoms with Crippen molar-refractivity contribution in [3.8, 4) is 11.5 Å². The molecule has 0 amide bonds. The summed E-state index contributed by atoms with van der Waals surface area (Å²) in [6, 6.07) is 8.24. The Bertz CT molecular complexity index is 569. The molecule has 1 aromatic carbocycles. The summed E-state index contributed by atoms with van der Waals surface area (Å²) in [5.41, 5.74) is 1.16. The van der Waals surface area contributed by atoms with Crippen LogP contribution in [0.5, 0.6) is 11.5 Å². The van der Waals surface area contributed by atoms with Gasteiger partial charge in [-0.25, -0.2) is 0 Å². The van der Waals surface area contributed by atoms with E-state index in [1.54, 1.807) is 11.3 Å². The number of ether oxygens (including phenoxy) is 2. The molecule has 0 saturated heterocycles. The minimum absolute atomic E-state index is 0.166. The van der Waals surface area contributed by atoms with Crippen molar-refractivity contribution in [1.82, 2.24) is 0 Å². The molecule has 0 N–H and O–H groups in total. The van der Waals surface area contributed by atoms with E-state index in [2.05, 4.69) is 55.4 Å². The number of hydrogen-bond acceptors (Lipinski definition) is 3. The molecule has 100 valence electrons. The number of halogens is 2. The predicted molar refractivity (Wildman–Crippen MR) is 84.8 cm³/mol. The lowest BCUT2D eigenvalue weighted by Crippen LogP contribution is -1.97. The molecule has 2 heterocycles. The van der Waals surface area contributed by atoms with E-state index in [0.29, 0.717) is 13.2 Å². The van der Waals surface area contributed by atoms with Gasteiger partial charge in [0.25, 0.3) is 0 Å². The molecule has 0 aliphatic carbocycles. The Kier molecular flexibility index (Phi) is 4.15. The third kappa shape index (κ3) is 2.83. The highest BCUT2D eigenvalue weighted by atomic mass is 79.9. The first-order valence-electron chi connectivity index (χ1n) is 6.02. The fraction of sp³-hybridized carbons (Fsp3) is 0.286. The molecule has 1 aliphatic heterocycles. The quantitative estimate of drug-likeness (QED) is 0.645. The molecule has 0 spiro atoms. The summed E-state index contributed by atoms with van der Waals surface area (Å²) in [5, 5.41) is 2.08. The fourth-order valence-electron chi connectivity index (χ4n) is 1.98. The molecule has 3 rings (SSSR count). The van der Waals surface area contributed by atoms with Crippen LogP contribution in [0, 0.1) is 0 Å². The van der Waals surface area contributed by atoms with Crippen LogP contribution in [0.15, 0.2) is 34.1 Å². The van der Waals surface area contributed by atoms with E-state index >= 15 is 0 Å². The molecule has 19 heavy (non-hydrogen) atoms. The number of hydrogen-bond donors (Lipinski definition) is 0. The van der Waals surface area contributed by atoms with Gasteiger partial charge in [-0.15, -0.1) is 11.3 Å². The molecule has 2 nitrogen and oxygen atoms in total. The van der Waals surface area contributed by atoms with Crippen molar-refractivity contribution in [2.45, 2.75) is 11.2 Å². The topological polar surface area (TPSA) is 18.5 Å². The van der Waals surface area contributed by atoms with Gasteiger partial charge in [0, 0.05) is 15.8 Å². The molecule has 2 aromatic rings. The van der Waals surface area contributed by atoms with E-state index < -0.39 is 0 Å². The van der Waals surface area contributed by atoms with Gasteiger partial charge in [0.1, 0.15) is 0 Å². The molecule has 1 unspecified atom stereocenters. The maximum atomic E-state index is 5.75. The number of rotatable bonds is 2. The minimum atomic E-state index is 0.166. The average Bonchev–Trinajstić information content (AvgIpc) is 2.84. The molecule has 5 heteroatoms. The SMILES string of the molecule is Brc1cc2c(cc1C(Br)c1cccs1)OCCCO2. The van der Waals surface area contributed by atoms with E-state index in [0.717, 1.165) is 28.0 Å². The summed E-state index contributed by atoms with van der Waals surface area (Å²) in [7, 11) is 0. The minimum Gasteiger partial charge on any atom is -0.490 e. The molecule has 1 aliphatic rings. The Morgan fingerprint density at radius 2 is 1.89 bits per heavy atom. The summed E-state index contributed by atoms with van der Waals surface area (Å²) in [6.07, 6.45) is 0.921. The van der Waals surface area contributed by atoms with Gasteiger partial charge in [0.2, 0.25) is 0 Å². The molecular weight excluding hydrogens is 392 g/mol. The molecule has 0 bridgehead atoms. The van der Waals surface area contributed by atoms with Gasteiger partial charge in [0.15, 0.2) is 11.5 Å². The van der Waals surface area contributed by atoms with Crippen LogP contribution in [0.3, 0.4) is 0 Å². The van der Waals surface area contributed by atoms with Crippen molar-refractivity contribution in [2.24, 2.45) is 0 Å². The second-order valence-corrected chi connectivity index (χ2v) is 7.00. The highest BCUT2D eigenvalue weighted by molar-refractivity contribution is 9.11. The van der Waals surface area contributed by atoms with Gasteiger partial charge in [-0.2, -0.15) is 0 Å². The Hall–Kier alpha value is -0.520. The van der Waals surface area contributed by atoms with E-state index in [-0.39, 0.29) is 4.83 Å². The van der Waals surface area contributed by atoms with E-state index in [1.807, 2.05) is 6.07 Å². The first kappa shape index (κ1) is 13.5. The Morgan fingerprint density at radius 1 is 1.16 bits per heavy atom. The maximum absolute atomic E-state index is 5.75. The van der Waals surface area contributed by atoms with Crippen LogP contribution >= 0.6 is 43.2 Å². The summed E-state index contributed by atoms with van der Waals surface area (Å²) < 4.78 is 12.5. The van der Waals surface area contributed by atoms with Crippen LogP contribution in [-0.2, 0) is 0 Å². The van der Waals surface area contributed by atoms with Crippen molar-refractivity contribution in [2.75, 3.05) is 13.2 Å². The standard InChI is InChI=1S/C14H12Br2O2S/c15-10-8-12-11(17-4-2-5-18-12)7-9(10)14(16)13-3-1-6-19-13/h1,3,6-8,14H,2,4-5H2. The van der Waals surface area contributed by atoms with Gasteiger partial charge in [-0.05, 0) is 29.1 Å². The van der Waals surface area contributed by atoms with Crippen LogP contribution in [-0.4, -0.2) is 13.2 Å². The number of thiophene rings is 1. The Labute approximate surface area is 133 Å². The second kappa shape index (κ2) is 5.85. The van der Waals surface area contributed by atoms with Gasteiger partial charge in [-0.1, -0.05) is 37.9 Å². The summed E-state index contributed by atoms with van der Waals surface area (Å²) >= 11 is 9.12. The molecule has 0 radical (unpaired) electrons. The number of alkyl halides is 1. The number of fused-ring (bicyclic) bond motifs is 1. The molecule has 1 aromatic heterocycles. The van der Waals surface area contributed by atoms with E-state index in [9.17, 15) is 0 Å². The van der Waals surface area contributed by atoms with Gasteiger partial charge >= 0.3 is 0 Å².